The molecule has 0 saturated carbocycles. The maximum absolute atomic E-state index is 12.5. The van der Waals surface area contributed by atoms with Crippen molar-refractivity contribution in [2.24, 2.45) is 0 Å². The molecule has 0 aromatic heterocycles. The zero-order valence-corrected chi connectivity index (χ0v) is 19.3. The highest BCUT2D eigenvalue weighted by Gasteiger charge is 2.13. The molecule has 0 saturated heterocycles. The van der Waals surface area contributed by atoms with Crippen LogP contribution in [0.2, 0.25) is 0 Å². The summed E-state index contributed by atoms with van der Waals surface area (Å²) >= 11 is 0. The van der Waals surface area contributed by atoms with E-state index in [-0.39, 0.29) is 0 Å². The molecule has 3 aromatic rings. The molecule has 0 fully saturated rings. The van der Waals surface area contributed by atoms with Crippen LogP contribution in [-0.4, -0.2) is 12.2 Å². The Balaban J connectivity index is 1.66. The first-order chi connectivity index (χ1) is 16.0. The van der Waals surface area contributed by atoms with Crippen molar-refractivity contribution < 1.29 is 19.1 Å². The molecule has 172 valence electrons. The second kappa shape index (κ2) is 11.7. The molecule has 3 aromatic carbocycles. The molecule has 0 spiro atoms. The molecule has 0 bridgehead atoms. The lowest BCUT2D eigenvalue weighted by molar-refractivity contribution is 0.214. The fourth-order valence-corrected chi connectivity index (χ4v) is 3.47. The van der Waals surface area contributed by atoms with Crippen molar-refractivity contribution in [3.63, 3.8) is 0 Å². The predicted octanol–water partition coefficient (Wildman–Crippen LogP) is 7.12. The van der Waals surface area contributed by atoms with E-state index in [1.54, 1.807) is 30.3 Å². The van der Waals surface area contributed by atoms with Crippen LogP contribution in [0.4, 0.5) is 21.0 Å². The zero-order chi connectivity index (χ0) is 23.6. The Morgan fingerprint density at radius 3 is 1.79 bits per heavy atom. The summed E-state index contributed by atoms with van der Waals surface area (Å²) in [5.74, 6) is 1.08. The van der Waals surface area contributed by atoms with Crippen LogP contribution in [0.15, 0.2) is 66.7 Å². The van der Waals surface area contributed by atoms with Gasteiger partial charge in [-0.1, -0.05) is 69.2 Å². The second-order valence-corrected chi connectivity index (χ2v) is 7.77. The Morgan fingerprint density at radius 2 is 1.24 bits per heavy atom. The van der Waals surface area contributed by atoms with Gasteiger partial charge < -0.3 is 9.47 Å². The summed E-state index contributed by atoms with van der Waals surface area (Å²) in [4.78, 5) is 25.0. The quantitative estimate of drug-likeness (QED) is 0.386. The normalized spacial score (nSPS) is 10.4. The van der Waals surface area contributed by atoms with Crippen LogP contribution in [0.25, 0.3) is 0 Å². The van der Waals surface area contributed by atoms with Gasteiger partial charge in [0.05, 0.1) is 0 Å². The lowest BCUT2D eigenvalue weighted by Gasteiger charge is -2.14. The van der Waals surface area contributed by atoms with Crippen molar-refractivity contribution >= 4 is 23.6 Å². The van der Waals surface area contributed by atoms with Gasteiger partial charge in [-0.3, -0.25) is 10.6 Å². The van der Waals surface area contributed by atoms with Gasteiger partial charge in [0.1, 0.15) is 11.5 Å². The number of carbonyl (C=O) groups is 2. The number of hydrogen-bond donors (Lipinski definition) is 2. The summed E-state index contributed by atoms with van der Waals surface area (Å²) in [6.45, 7) is 6.01. The number of amides is 2. The molecule has 6 nitrogen and oxygen atoms in total. The van der Waals surface area contributed by atoms with E-state index in [0.29, 0.717) is 22.9 Å². The first kappa shape index (κ1) is 23.9. The third kappa shape index (κ3) is 6.84. The first-order valence-electron chi connectivity index (χ1n) is 11.2. The molecular weight excluding hydrogens is 416 g/mol. The number of rotatable bonds is 8. The molecule has 0 aliphatic rings. The Labute approximate surface area is 194 Å². The molecule has 6 heteroatoms. The number of hydrogen-bond acceptors (Lipinski definition) is 4. The van der Waals surface area contributed by atoms with Crippen LogP contribution >= 0.6 is 0 Å². The van der Waals surface area contributed by atoms with Crippen molar-refractivity contribution in [3.05, 3.63) is 83.4 Å². The van der Waals surface area contributed by atoms with E-state index in [0.717, 1.165) is 42.4 Å². The second-order valence-electron chi connectivity index (χ2n) is 7.77. The molecule has 2 amide bonds. The van der Waals surface area contributed by atoms with Gasteiger partial charge in [0.25, 0.3) is 0 Å². The minimum absolute atomic E-state index is 0.500. The Hall–Kier alpha value is -3.80. The number of carbonyl (C=O) groups excluding carboxylic acids is 2. The van der Waals surface area contributed by atoms with E-state index in [2.05, 4.69) is 24.5 Å². The first-order valence-corrected chi connectivity index (χ1v) is 11.2. The highest BCUT2D eigenvalue weighted by Crippen LogP contribution is 2.24. The van der Waals surface area contributed by atoms with Gasteiger partial charge in [-0.25, -0.2) is 9.59 Å². The Kier molecular flexibility index (Phi) is 8.47. The van der Waals surface area contributed by atoms with Crippen LogP contribution in [0, 0.1) is 6.92 Å². The van der Waals surface area contributed by atoms with Crippen LogP contribution in [0.1, 0.15) is 43.4 Å². The Bertz CT molecular complexity index is 1110. The lowest BCUT2D eigenvalue weighted by Crippen LogP contribution is -2.19. The average Bonchev–Trinajstić information content (AvgIpc) is 2.79. The van der Waals surface area contributed by atoms with Gasteiger partial charge in [-0.05, 0) is 60.7 Å². The molecule has 0 aliphatic heterocycles. The summed E-state index contributed by atoms with van der Waals surface area (Å²) in [7, 11) is 0. The summed E-state index contributed by atoms with van der Waals surface area (Å²) in [6, 6.07) is 20.2. The van der Waals surface area contributed by atoms with E-state index < -0.39 is 12.2 Å². The standard InChI is InChI=1S/C27H30N2O4/c1-4-10-20-12-6-8-14-24(20)32-26(30)28-22-17-16-19(3)23(18-22)29-27(31)33-25-15-9-7-13-21(25)11-5-2/h6-9,12-18H,4-5,10-11H2,1-3H3,(H,28,30)(H,29,31). The van der Waals surface area contributed by atoms with Crippen molar-refractivity contribution in [1.82, 2.24) is 0 Å². The number of benzene rings is 3. The Morgan fingerprint density at radius 1 is 0.727 bits per heavy atom. The topological polar surface area (TPSA) is 76.7 Å². The molecule has 0 heterocycles. The number of aryl methyl sites for hydroxylation is 3. The number of ether oxygens (including phenoxy) is 2. The smallest absolute Gasteiger partial charge is 0.410 e. The van der Waals surface area contributed by atoms with E-state index in [1.807, 2.05) is 43.3 Å². The molecule has 0 unspecified atom stereocenters. The molecular formula is C27H30N2O4. The molecule has 0 atom stereocenters. The van der Waals surface area contributed by atoms with Gasteiger partial charge in [0, 0.05) is 11.4 Å². The summed E-state index contributed by atoms with van der Waals surface area (Å²) in [5.41, 5.74) is 3.83. The highest BCUT2D eigenvalue weighted by atomic mass is 16.6. The third-order valence-electron chi connectivity index (χ3n) is 5.11. The van der Waals surface area contributed by atoms with E-state index in [9.17, 15) is 9.59 Å². The highest BCUT2D eigenvalue weighted by molar-refractivity contribution is 5.91. The SMILES string of the molecule is CCCc1ccccc1OC(=O)Nc1ccc(C)c(NC(=O)Oc2ccccc2CCC)c1. The lowest BCUT2D eigenvalue weighted by atomic mass is 10.1. The summed E-state index contributed by atoms with van der Waals surface area (Å²) < 4.78 is 11.0. The number of nitrogens with one attached hydrogen (secondary N) is 2. The monoisotopic (exact) mass is 446 g/mol. The van der Waals surface area contributed by atoms with Crippen LogP contribution in [0.5, 0.6) is 11.5 Å². The van der Waals surface area contributed by atoms with Gasteiger partial charge in [0.2, 0.25) is 0 Å². The van der Waals surface area contributed by atoms with E-state index >= 15 is 0 Å². The van der Waals surface area contributed by atoms with Gasteiger partial charge in [-0.15, -0.1) is 0 Å². The number of para-hydroxylation sites is 2. The molecule has 0 radical (unpaired) electrons. The average molecular weight is 447 g/mol. The number of anilines is 2. The fraction of sp³-hybridized carbons (Fsp3) is 0.259. The van der Waals surface area contributed by atoms with Crippen LogP contribution in [0.3, 0.4) is 0 Å². The molecule has 2 N–H and O–H groups in total. The minimum atomic E-state index is -0.593. The maximum Gasteiger partial charge on any atom is 0.417 e. The molecule has 3 rings (SSSR count). The third-order valence-corrected chi connectivity index (χ3v) is 5.11. The molecule has 33 heavy (non-hydrogen) atoms. The van der Waals surface area contributed by atoms with Crippen molar-refractivity contribution in [2.45, 2.75) is 46.5 Å². The van der Waals surface area contributed by atoms with Crippen molar-refractivity contribution in [1.29, 1.82) is 0 Å². The summed E-state index contributed by atoms with van der Waals surface area (Å²) in [5, 5.41) is 5.49. The fourth-order valence-electron chi connectivity index (χ4n) is 3.47. The van der Waals surface area contributed by atoms with E-state index in [4.69, 9.17) is 9.47 Å². The van der Waals surface area contributed by atoms with Gasteiger partial charge in [0.15, 0.2) is 0 Å². The minimum Gasteiger partial charge on any atom is -0.410 e. The molecule has 0 aliphatic carbocycles. The predicted molar refractivity (Wildman–Crippen MR) is 131 cm³/mol. The zero-order valence-electron chi connectivity index (χ0n) is 19.3. The van der Waals surface area contributed by atoms with Crippen molar-refractivity contribution in [2.75, 3.05) is 10.6 Å². The van der Waals surface area contributed by atoms with E-state index in [1.165, 1.54) is 0 Å². The van der Waals surface area contributed by atoms with Gasteiger partial charge in [-0.2, -0.15) is 0 Å². The van der Waals surface area contributed by atoms with Gasteiger partial charge >= 0.3 is 12.2 Å². The van der Waals surface area contributed by atoms with Crippen LogP contribution < -0.4 is 20.1 Å². The van der Waals surface area contributed by atoms with Crippen molar-refractivity contribution in [3.8, 4) is 11.5 Å². The largest absolute Gasteiger partial charge is 0.417 e. The maximum atomic E-state index is 12.5. The van der Waals surface area contributed by atoms with Crippen LogP contribution in [-0.2, 0) is 12.8 Å². The summed E-state index contributed by atoms with van der Waals surface area (Å²) in [6.07, 6.45) is 2.37.